The van der Waals surface area contributed by atoms with E-state index >= 15 is 0 Å². The van der Waals surface area contributed by atoms with Crippen molar-refractivity contribution in [1.82, 2.24) is 4.90 Å². The Kier molecular flexibility index (Phi) is 6.04. The molecule has 140 valence electrons. The van der Waals surface area contributed by atoms with Crippen LogP contribution in [0.15, 0.2) is 47.5 Å². The first-order valence-corrected chi connectivity index (χ1v) is 9.51. The summed E-state index contributed by atoms with van der Waals surface area (Å²) in [7, 11) is 1.58. The Morgan fingerprint density at radius 1 is 1.26 bits per heavy atom. The molecule has 0 spiro atoms. The monoisotopic (exact) mass is 425 g/mol. The number of amides is 2. The zero-order chi connectivity index (χ0) is 19.6. The van der Waals surface area contributed by atoms with Crippen molar-refractivity contribution in [2.45, 2.75) is 11.7 Å². The summed E-state index contributed by atoms with van der Waals surface area (Å²) in [6, 6.07) is 10.7. The summed E-state index contributed by atoms with van der Waals surface area (Å²) in [6.45, 7) is 0. The maximum absolute atomic E-state index is 13.7. The molecule has 27 heavy (non-hydrogen) atoms. The number of anilines is 1. The van der Waals surface area contributed by atoms with E-state index in [9.17, 15) is 14.0 Å². The van der Waals surface area contributed by atoms with Gasteiger partial charge in [-0.1, -0.05) is 47.1 Å². The van der Waals surface area contributed by atoms with Crippen molar-refractivity contribution in [3.05, 3.63) is 58.3 Å². The van der Waals surface area contributed by atoms with Crippen LogP contribution in [-0.4, -0.2) is 34.2 Å². The van der Waals surface area contributed by atoms with Gasteiger partial charge >= 0.3 is 0 Å². The number of carbonyl (C=O) groups excluding carboxylic acids is 2. The molecular weight excluding hydrogens is 412 g/mol. The number of hydrogen-bond acceptors (Lipinski definition) is 4. The first-order chi connectivity index (χ1) is 12.8. The number of rotatable bonds is 3. The minimum Gasteiger partial charge on any atom is -0.323 e. The molecule has 1 atom stereocenters. The highest BCUT2D eigenvalue weighted by Crippen LogP contribution is 2.31. The van der Waals surface area contributed by atoms with E-state index in [-0.39, 0.29) is 18.0 Å². The van der Waals surface area contributed by atoms with Crippen molar-refractivity contribution in [2.24, 2.45) is 4.99 Å². The third-order valence-electron chi connectivity index (χ3n) is 3.82. The van der Waals surface area contributed by atoms with Gasteiger partial charge in [0.15, 0.2) is 5.17 Å². The maximum Gasteiger partial charge on any atom is 0.238 e. The summed E-state index contributed by atoms with van der Waals surface area (Å²) in [5.74, 6) is -1.27. The number of thioether (sulfide) groups is 1. The molecule has 0 saturated carbocycles. The van der Waals surface area contributed by atoms with E-state index in [2.05, 4.69) is 10.3 Å². The summed E-state index contributed by atoms with van der Waals surface area (Å²) in [4.78, 5) is 30.6. The molecule has 0 aromatic heterocycles. The Morgan fingerprint density at radius 2 is 2.00 bits per heavy atom. The lowest BCUT2D eigenvalue weighted by molar-refractivity contribution is -0.128. The number of benzene rings is 2. The molecule has 1 unspecified atom stereocenters. The van der Waals surface area contributed by atoms with Crippen molar-refractivity contribution in [2.75, 3.05) is 12.4 Å². The van der Waals surface area contributed by atoms with E-state index in [4.69, 9.17) is 23.2 Å². The fourth-order valence-electron chi connectivity index (χ4n) is 2.34. The normalized spacial score (nSPS) is 18.7. The Hall–Kier alpha value is -2.09. The smallest absolute Gasteiger partial charge is 0.238 e. The van der Waals surface area contributed by atoms with E-state index in [1.54, 1.807) is 31.3 Å². The first-order valence-electron chi connectivity index (χ1n) is 7.87. The Bertz CT molecular complexity index is 939. The molecule has 0 bridgehead atoms. The van der Waals surface area contributed by atoms with Gasteiger partial charge in [0, 0.05) is 13.5 Å². The molecule has 0 aliphatic carbocycles. The summed E-state index contributed by atoms with van der Waals surface area (Å²) in [5, 5.41) is 2.86. The van der Waals surface area contributed by atoms with E-state index in [0.29, 0.717) is 20.9 Å². The van der Waals surface area contributed by atoms with Crippen molar-refractivity contribution >= 4 is 63.3 Å². The highest BCUT2D eigenvalue weighted by molar-refractivity contribution is 8.15. The topological polar surface area (TPSA) is 61.8 Å². The second kappa shape index (κ2) is 8.29. The number of nitrogens with zero attached hydrogens (tertiary/aromatic N) is 2. The van der Waals surface area contributed by atoms with Gasteiger partial charge in [-0.2, -0.15) is 0 Å². The second-order valence-electron chi connectivity index (χ2n) is 5.73. The molecule has 1 heterocycles. The second-order valence-corrected chi connectivity index (χ2v) is 7.71. The van der Waals surface area contributed by atoms with E-state index < -0.39 is 17.0 Å². The minimum absolute atomic E-state index is 0.0121. The van der Waals surface area contributed by atoms with Crippen LogP contribution >= 0.6 is 35.0 Å². The number of amidine groups is 1. The average molecular weight is 426 g/mol. The fourth-order valence-corrected chi connectivity index (χ4v) is 3.70. The van der Waals surface area contributed by atoms with Gasteiger partial charge in [0.1, 0.15) is 11.1 Å². The molecule has 9 heteroatoms. The SMILES string of the molecule is CN1C(=O)CC(C(=O)Nc2ccccc2F)SC1=Nc1ccc(Cl)c(Cl)c1. The van der Waals surface area contributed by atoms with Crippen LogP contribution in [0.1, 0.15) is 6.42 Å². The van der Waals surface area contributed by atoms with Crippen LogP contribution in [0.4, 0.5) is 15.8 Å². The summed E-state index contributed by atoms with van der Waals surface area (Å²) >= 11 is 13.0. The van der Waals surface area contributed by atoms with E-state index in [0.717, 1.165) is 11.8 Å². The Morgan fingerprint density at radius 3 is 2.70 bits per heavy atom. The van der Waals surface area contributed by atoms with Gasteiger partial charge in [0.05, 0.1) is 21.4 Å². The van der Waals surface area contributed by atoms with Gasteiger partial charge in [0.2, 0.25) is 11.8 Å². The lowest BCUT2D eigenvalue weighted by Gasteiger charge is -2.28. The quantitative estimate of drug-likeness (QED) is 0.773. The van der Waals surface area contributed by atoms with Gasteiger partial charge in [-0.25, -0.2) is 9.38 Å². The van der Waals surface area contributed by atoms with Crippen LogP contribution in [0.25, 0.3) is 0 Å². The minimum atomic E-state index is -0.727. The van der Waals surface area contributed by atoms with Crippen molar-refractivity contribution in [3.63, 3.8) is 0 Å². The maximum atomic E-state index is 13.7. The van der Waals surface area contributed by atoms with Gasteiger partial charge in [-0.15, -0.1) is 0 Å². The van der Waals surface area contributed by atoms with Gasteiger partial charge < -0.3 is 5.32 Å². The van der Waals surface area contributed by atoms with E-state index in [1.165, 1.54) is 23.1 Å². The van der Waals surface area contributed by atoms with Gasteiger partial charge in [-0.05, 0) is 30.3 Å². The largest absolute Gasteiger partial charge is 0.323 e. The highest BCUT2D eigenvalue weighted by Gasteiger charge is 2.34. The molecule has 2 aromatic carbocycles. The molecular formula is C18H14Cl2FN3O2S. The lowest BCUT2D eigenvalue weighted by atomic mass is 10.2. The third-order valence-corrected chi connectivity index (χ3v) is 5.80. The lowest BCUT2D eigenvalue weighted by Crippen LogP contribution is -2.43. The number of carbonyl (C=O) groups is 2. The first kappa shape index (κ1) is 19.7. The van der Waals surface area contributed by atoms with Crippen LogP contribution in [0.5, 0.6) is 0 Å². The highest BCUT2D eigenvalue weighted by atomic mass is 35.5. The Balaban J connectivity index is 1.81. The predicted molar refractivity (Wildman–Crippen MR) is 107 cm³/mol. The number of hydrogen-bond donors (Lipinski definition) is 1. The van der Waals surface area contributed by atoms with Gasteiger partial charge in [-0.3, -0.25) is 14.5 Å². The van der Waals surface area contributed by atoms with Crippen LogP contribution in [0.2, 0.25) is 10.0 Å². The molecule has 1 aliphatic heterocycles. The van der Waals surface area contributed by atoms with Crippen molar-refractivity contribution in [3.8, 4) is 0 Å². The summed E-state index contributed by atoms with van der Waals surface area (Å²) in [5.41, 5.74) is 0.569. The molecule has 1 fully saturated rings. The third kappa shape index (κ3) is 4.61. The fraction of sp³-hybridized carbons (Fsp3) is 0.167. The van der Waals surface area contributed by atoms with Crippen LogP contribution in [-0.2, 0) is 9.59 Å². The molecule has 2 aromatic rings. The molecule has 1 aliphatic rings. The zero-order valence-electron chi connectivity index (χ0n) is 14.1. The van der Waals surface area contributed by atoms with Gasteiger partial charge in [0.25, 0.3) is 0 Å². The molecule has 0 radical (unpaired) electrons. The Labute approximate surface area is 169 Å². The standard InChI is InChI=1S/C18H14Cl2FN3O2S/c1-24-16(25)9-15(17(26)23-14-5-3-2-4-13(14)21)27-18(24)22-10-6-7-11(19)12(20)8-10/h2-8,15H,9H2,1H3,(H,23,26). The van der Waals surface area contributed by atoms with Crippen LogP contribution in [0.3, 0.4) is 0 Å². The van der Waals surface area contributed by atoms with E-state index in [1.807, 2.05) is 0 Å². The van der Waals surface area contributed by atoms with Crippen LogP contribution < -0.4 is 5.32 Å². The number of aliphatic imine (C=N–C) groups is 1. The molecule has 5 nitrogen and oxygen atoms in total. The molecule has 1 N–H and O–H groups in total. The predicted octanol–water partition coefficient (Wildman–Crippen LogP) is 4.72. The molecule has 1 saturated heterocycles. The van der Waals surface area contributed by atoms with Crippen molar-refractivity contribution < 1.29 is 14.0 Å². The van der Waals surface area contributed by atoms with Crippen LogP contribution in [0, 0.1) is 5.82 Å². The zero-order valence-corrected chi connectivity index (χ0v) is 16.4. The number of para-hydroxylation sites is 1. The average Bonchev–Trinajstić information content (AvgIpc) is 2.63. The summed E-state index contributed by atoms with van der Waals surface area (Å²) in [6.07, 6.45) is -0.0121. The number of halogens is 3. The van der Waals surface area contributed by atoms with Crippen molar-refractivity contribution in [1.29, 1.82) is 0 Å². The summed E-state index contributed by atoms with van der Waals surface area (Å²) < 4.78 is 13.7. The number of nitrogens with one attached hydrogen (secondary N) is 1. The molecule has 3 rings (SSSR count). The molecule has 2 amide bonds.